The Kier molecular flexibility index (Phi) is 9.18. The molecule has 0 aromatic heterocycles. The van der Waals surface area contributed by atoms with Gasteiger partial charge in [-0.25, -0.2) is 9.59 Å². The first-order valence-electron chi connectivity index (χ1n) is 11.2. The van der Waals surface area contributed by atoms with E-state index in [0.29, 0.717) is 4.90 Å². The summed E-state index contributed by atoms with van der Waals surface area (Å²) in [6.07, 6.45) is 0.0294. The minimum atomic E-state index is -1.55. The van der Waals surface area contributed by atoms with Crippen molar-refractivity contribution in [1.82, 2.24) is 4.90 Å². The average molecular weight is 513 g/mol. The van der Waals surface area contributed by atoms with Gasteiger partial charge in [0, 0.05) is 0 Å². The monoisotopic (exact) mass is 512 g/mol. The minimum Gasteiger partial charge on any atom is -0.547 e. The van der Waals surface area contributed by atoms with Crippen LogP contribution in [0.15, 0.2) is 70.6 Å². The normalized spacial score (nSPS) is 15.0. The van der Waals surface area contributed by atoms with Crippen LogP contribution in [0.2, 0.25) is 0 Å². The molecule has 0 saturated heterocycles. The number of aliphatic carboxylic acids is 1. The van der Waals surface area contributed by atoms with E-state index in [2.05, 4.69) is 72.6 Å². The highest BCUT2D eigenvalue weighted by Crippen LogP contribution is 2.25. The molecule has 0 spiro atoms. The Morgan fingerprint density at radius 1 is 1.06 bits per heavy atom. The number of amidine groups is 2. The van der Waals surface area contributed by atoms with Crippen LogP contribution >= 0.6 is 11.6 Å². The number of carbonyl (C=O) groups is 3. The molecule has 0 aliphatic carbocycles. The molecule has 2 aliphatic rings. The minimum absolute atomic E-state index is 0.0135. The van der Waals surface area contributed by atoms with Crippen LogP contribution < -0.4 is 10.0 Å². The number of fused-ring (bicyclic) bond motifs is 1. The second-order valence-corrected chi connectivity index (χ2v) is 8.64. The van der Waals surface area contributed by atoms with Gasteiger partial charge in [0.05, 0.1) is 33.7 Å². The number of hydrogen-bond donors (Lipinski definition) is 1. The number of carboxylic acids is 1. The highest BCUT2D eigenvalue weighted by molar-refractivity contribution is 6.78. The lowest BCUT2D eigenvalue weighted by molar-refractivity contribution is -0.858. The van der Waals surface area contributed by atoms with Gasteiger partial charge in [-0.05, 0) is 22.7 Å². The molecule has 0 fully saturated rings. The van der Waals surface area contributed by atoms with E-state index in [1.54, 1.807) is 0 Å². The van der Waals surface area contributed by atoms with Crippen molar-refractivity contribution in [2.24, 2.45) is 9.98 Å². The van der Waals surface area contributed by atoms with Crippen LogP contribution in [0.5, 0.6) is 0 Å². The standard InChI is InChI=1S/C17H21NO.C8H5ClN4O4/c1-18(2)13-14-19-17(15-9-5-3-6-10-15)16-11-7-4-8-12-16;1-12-5-4(10-7(9)11-5)6(16)13(8(12)17)2-3(14)15/h3-12,17H,13-14H2,1-2H3;2H2,1H3/p+1. The Morgan fingerprint density at radius 3 is 2.11 bits per heavy atom. The van der Waals surface area contributed by atoms with Crippen molar-refractivity contribution in [1.29, 1.82) is 0 Å². The second kappa shape index (κ2) is 12.3. The lowest BCUT2D eigenvalue weighted by Gasteiger charge is -2.19. The molecule has 0 radical (unpaired) electrons. The molecule has 0 saturated carbocycles. The predicted octanol–water partition coefficient (Wildman–Crippen LogP) is -0.274. The topological polar surface area (TPSA) is 119 Å². The highest BCUT2D eigenvalue weighted by Gasteiger charge is 2.46. The molecular formula is C25H27ClN5O5+. The summed E-state index contributed by atoms with van der Waals surface area (Å²) in [6, 6.07) is 20.0. The van der Waals surface area contributed by atoms with Crippen molar-refractivity contribution in [3.8, 4) is 0 Å². The third-order valence-electron chi connectivity index (χ3n) is 5.28. The maximum absolute atomic E-state index is 11.7. The summed E-state index contributed by atoms with van der Waals surface area (Å²) < 4.78 is 7.10. The number of carbonyl (C=O) groups excluding carboxylic acids is 3. The number of benzene rings is 2. The lowest BCUT2D eigenvalue weighted by Crippen LogP contribution is -3.06. The van der Waals surface area contributed by atoms with E-state index in [1.807, 2.05) is 12.1 Å². The van der Waals surface area contributed by atoms with Gasteiger partial charge in [0.1, 0.15) is 19.2 Å². The van der Waals surface area contributed by atoms with Gasteiger partial charge < -0.3 is 19.5 Å². The van der Waals surface area contributed by atoms with E-state index in [4.69, 9.17) is 16.3 Å². The summed E-state index contributed by atoms with van der Waals surface area (Å²) in [4.78, 5) is 43.1. The molecule has 11 heteroatoms. The Balaban J connectivity index is 0.000000202. The number of halogens is 1. The first kappa shape index (κ1) is 26.9. The van der Waals surface area contributed by atoms with Gasteiger partial charge in [-0.2, -0.15) is 14.5 Å². The smallest absolute Gasteiger partial charge is 0.446 e. The van der Waals surface area contributed by atoms with E-state index in [-0.39, 0.29) is 22.9 Å². The maximum atomic E-state index is 11.7. The van der Waals surface area contributed by atoms with Gasteiger partial charge in [0.2, 0.25) is 5.71 Å². The highest BCUT2D eigenvalue weighted by atomic mass is 35.5. The van der Waals surface area contributed by atoms with Gasteiger partial charge in [0.25, 0.3) is 5.29 Å². The van der Waals surface area contributed by atoms with E-state index in [9.17, 15) is 19.5 Å². The number of carboxylic acid groups (broad SMARTS) is 1. The summed E-state index contributed by atoms with van der Waals surface area (Å²) >= 11 is 5.52. The van der Waals surface area contributed by atoms with Gasteiger partial charge in [-0.3, -0.25) is 0 Å². The zero-order valence-corrected chi connectivity index (χ0v) is 20.9. The quantitative estimate of drug-likeness (QED) is 0.385. The van der Waals surface area contributed by atoms with Crippen molar-refractivity contribution < 1.29 is 33.7 Å². The number of likely N-dealkylation sites (N-methyl/N-ethyl adjacent to an activating group) is 1. The number of imide groups is 1. The van der Waals surface area contributed by atoms with Crippen LogP contribution in [-0.4, -0.2) is 85.1 Å². The first-order valence-corrected chi connectivity index (χ1v) is 11.6. The van der Waals surface area contributed by atoms with Crippen molar-refractivity contribution in [2.75, 3.05) is 40.8 Å². The summed E-state index contributed by atoms with van der Waals surface area (Å²) in [6.45, 7) is 0.929. The molecule has 2 aliphatic heterocycles. The maximum Gasteiger partial charge on any atom is 0.446 e. The molecule has 188 valence electrons. The molecule has 4 rings (SSSR count). The number of nitrogens with one attached hydrogen (secondary N) is 1. The molecule has 36 heavy (non-hydrogen) atoms. The largest absolute Gasteiger partial charge is 0.547 e. The van der Waals surface area contributed by atoms with Crippen LogP contribution in [0.1, 0.15) is 17.2 Å². The van der Waals surface area contributed by atoms with Crippen LogP contribution in [0.4, 0.5) is 4.79 Å². The van der Waals surface area contributed by atoms with E-state index in [0.717, 1.165) is 17.7 Å². The number of nitrogens with zero attached hydrogens (tertiary/aromatic N) is 4. The summed E-state index contributed by atoms with van der Waals surface area (Å²) in [5.74, 6) is -2.39. The van der Waals surface area contributed by atoms with Crippen molar-refractivity contribution >= 4 is 46.4 Å². The molecule has 0 atom stereocenters. The summed E-state index contributed by atoms with van der Waals surface area (Å²) in [5, 5.41) is 10.3. The number of rotatable bonds is 8. The van der Waals surface area contributed by atoms with Crippen molar-refractivity contribution in [3.05, 3.63) is 71.8 Å². The molecule has 10 nitrogen and oxygen atoms in total. The Morgan fingerprint density at radius 2 is 1.61 bits per heavy atom. The van der Waals surface area contributed by atoms with Gasteiger partial charge in [-0.1, -0.05) is 65.7 Å². The molecule has 0 unspecified atom stereocenters. The fourth-order valence-corrected chi connectivity index (χ4v) is 3.63. The van der Waals surface area contributed by atoms with Gasteiger partial charge in [0.15, 0.2) is 0 Å². The van der Waals surface area contributed by atoms with E-state index in [1.165, 1.54) is 23.1 Å². The number of hydrogen-bond acceptors (Lipinski definition) is 7. The number of amides is 3. The Hall–Kier alpha value is -3.73. The average Bonchev–Trinajstić information content (AvgIpc) is 3.26. The number of aliphatic imine (C=N–C) groups is 2. The van der Waals surface area contributed by atoms with Crippen LogP contribution in [0.3, 0.4) is 0 Å². The molecule has 0 bridgehead atoms. The van der Waals surface area contributed by atoms with Crippen molar-refractivity contribution in [2.45, 2.75) is 6.10 Å². The third kappa shape index (κ3) is 6.69. The molecular weight excluding hydrogens is 486 g/mol. The van der Waals surface area contributed by atoms with Gasteiger partial charge in [-0.15, -0.1) is 0 Å². The zero-order valence-electron chi connectivity index (χ0n) is 20.2. The van der Waals surface area contributed by atoms with Gasteiger partial charge >= 0.3 is 17.8 Å². The third-order valence-corrected chi connectivity index (χ3v) is 5.44. The Bertz CT molecular complexity index is 1170. The molecule has 2 heterocycles. The molecule has 2 aromatic carbocycles. The van der Waals surface area contributed by atoms with E-state index >= 15 is 0 Å². The lowest BCUT2D eigenvalue weighted by atomic mass is 10.0. The number of ether oxygens (including phenoxy) is 1. The molecule has 3 amide bonds. The fraction of sp³-hybridized carbons (Fsp3) is 0.280. The van der Waals surface area contributed by atoms with Crippen molar-refractivity contribution in [3.63, 3.8) is 0 Å². The first-order chi connectivity index (χ1) is 17.2. The summed E-state index contributed by atoms with van der Waals surface area (Å²) in [7, 11) is 5.62. The predicted molar refractivity (Wildman–Crippen MR) is 132 cm³/mol. The van der Waals surface area contributed by atoms with Crippen LogP contribution in [-0.2, 0) is 14.3 Å². The van der Waals surface area contributed by atoms with E-state index < -0.39 is 24.5 Å². The number of urea groups is 1. The Labute approximate surface area is 213 Å². The molecule has 1 N–H and O–H groups in total. The second-order valence-electron chi connectivity index (χ2n) is 8.30. The SMILES string of the molecule is C[N+]1=C2N=C(Cl)N=C2C(=O)N(CC(=O)[O-])C1=O.C[NH+](C)CCOC(c1ccccc1)c1ccccc1. The molecule has 2 aromatic rings. The fourth-order valence-electron chi connectivity index (χ4n) is 3.46. The van der Waals surface area contributed by atoms with Crippen LogP contribution in [0, 0.1) is 0 Å². The van der Waals surface area contributed by atoms with Crippen LogP contribution in [0.25, 0.3) is 0 Å². The number of quaternary nitrogens is 1. The summed E-state index contributed by atoms with van der Waals surface area (Å²) in [5.41, 5.74) is 2.27. The zero-order chi connectivity index (χ0) is 26.2.